The highest BCUT2D eigenvalue weighted by atomic mass is 16.4. The molecule has 4 nitrogen and oxygen atoms in total. The Morgan fingerprint density at radius 3 is 2.67 bits per heavy atom. The number of piperidine rings is 1. The van der Waals surface area contributed by atoms with Gasteiger partial charge in [-0.25, -0.2) is 4.79 Å². The molecule has 2 heterocycles. The largest absolute Gasteiger partial charge is 0.478 e. The van der Waals surface area contributed by atoms with Crippen molar-refractivity contribution in [3.63, 3.8) is 0 Å². The van der Waals surface area contributed by atoms with Crippen LogP contribution in [-0.4, -0.2) is 29.1 Å². The van der Waals surface area contributed by atoms with Crippen LogP contribution >= 0.6 is 0 Å². The second-order valence-corrected chi connectivity index (χ2v) is 5.37. The highest BCUT2D eigenvalue weighted by Gasteiger charge is 2.16. The van der Waals surface area contributed by atoms with Crippen LogP contribution in [0.5, 0.6) is 0 Å². The molecule has 2 N–H and O–H groups in total. The van der Waals surface area contributed by atoms with Crippen molar-refractivity contribution >= 4 is 5.97 Å². The van der Waals surface area contributed by atoms with Crippen LogP contribution in [-0.2, 0) is 0 Å². The fourth-order valence-corrected chi connectivity index (χ4v) is 2.73. The molecule has 3 rings (SSSR count). The first-order chi connectivity index (χ1) is 10.2. The molecule has 1 atom stereocenters. The van der Waals surface area contributed by atoms with E-state index in [9.17, 15) is 4.79 Å². The van der Waals surface area contributed by atoms with E-state index < -0.39 is 5.97 Å². The molecule has 0 amide bonds. The van der Waals surface area contributed by atoms with Gasteiger partial charge in [-0.1, -0.05) is 18.2 Å². The van der Waals surface area contributed by atoms with Gasteiger partial charge in [0, 0.05) is 23.7 Å². The van der Waals surface area contributed by atoms with Crippen molar-refractivity contribution in [2.75, 3.05) is 13.1 Å². The predicted octanol–water partition coefficient (Wildman–Crippen LogP) is 2.91. The lowest BCUT2D eigenvalue weighted by atomic mass is 9.95. The predicted molar refractivity (Wildman–Crippen MR) is 81.5 cm³/mol. The lowest BCUT2D eigenvalue weighted by Crippen LogP contribution is -2.28. The summed E-state index contributed by atoms with van der Waals surface area (Å²) in [5.74, 6) is -0.437. The van der Waals surface area contributed by atoms with Gasteiger partial charge in [-0.05, 0) is 43.7 Å². The Morgan fingerprint density at radius 2 is 2.00 bits per heavy atom. The Balaban J connectivity index is 1.86. The molecule has 1 fully saturated rings. The molecule has 21 heavy (non-hydrogen) atoms. The average Bonchev–Trinajstić information content (AvgIpc) is 2.56. The lowest BCUT2D eigenvalue weighted by molar-refractivity contribution is 0.0697. The van der Waals surface area contributed by atoms with E-state index in [1.807, 2.05) is 24.3 Å². The summed E-state index contributed by atoms with van der Waals surface area (Å²) in [5, 5.41) is 12.3. The van der Waals surface area contributed by atoms with Crippen molar-refractivity contribution in [3.8, 4) is 11.3 Å². The quantitative estimate of drug-likeness (QED) is 0.908. The number of hydrogen-bond donors (Lipinski definition) is 2. The van der Waals surface area contributed by atoms with Crippen LogP contribution in [0.3, 0.4) is 0 Å². The number of carboxylic acid groups (broad SMARTS) is 1. The van der Waals surface area contributed by atoms with E-state index in [-0.39, 0.29) is 0 Å². The first-order valence-electron chi connectivity index (χ1n) is 7.25. The van der Waals surface area contributed by atoms with Gasteiger partial charge in [0.1, 0.15) is 0 Å². The van der Waals surface area contributed by atoms with Gasteiger partial charge in [0.25, 0.3) is 0 Å². The Kier molecular flexibility index (Phi) is 3.97. The zero-order valence-corrected chi connectivity index (χ0v) is 11.7. The van der Waals surface area contributed by atoms with Crippen molar-refractivity contribution in [1.29, 1.82) is 0 Å². The number of pyridine rings is 1. The van der Waals surface area contributed by atoms with Crippen molar-refractivity contribution in [2.45, 2.75) is 18.8 Å². The van der Waals surface area contributed by atoms with Crippen LogP contribution in [0.15, 0.2) is 42.5 Å². The van der Waals surface area contributed by atoms with Gasteiger partial charge in [-0.3, -0.25) is 4.98 Å². The van der Waals surface area contributed by atoms with E-state index in [0.717, 1.165) is 30.0 Å². The summed E-state index contributed by atoms with van der Waals surface area (Å²) in [6.45, 7) is 2.07. The van der Waals surface area contributed by atoms with Crippen molar-refractivity contribution in [3.05, 3.63) is 53.7 Å². The molecule has 1 aliphatic heterocycles. The van der Waals surface area contributed by atoms with E-state index >= 15 is 0 Å². The smallest absolute Gasteiger partial charge is 0.335 e. The zero-order valence-electron chi connectivity index (χ0n) is 11.7. The second-order valence-electron chi connectivity index (χ2n) is 5.37. The Morgan fingerprint density at radius 1 is 1.19 bits per heavy atom. The molecular weight excluding hydrogens is 264 g/mol. The summed E-state index contributed by atoms with van der Waals surface area (Å²) in [6, 6.07) is 12.9. The van der Waals surface area contributed by atoms with Gasteiger partial charge in [-0.2, -0.15) is 0 Å². The van der Waals surface area contributed by atoms with Crippen molar-refractivity contribution in [2.24, 2.45) is 0 Å². The average molecular weight is 282 g/mol. The molecule has 1 saturated heterocycles. The fraction of sp³-hybridized carbons (Fsp3) is 0.294. The SMILES string of the molecule is O=C(O)c1ccc(-c2cccc(C3CCCNC3)n2)cc1. The molecule has 1 aliphatic rings. The monoisotopic (exact) mass is 282 g/mol. The maximum atomic E-state index is 10.9. The minimum absolute atomic E-state index is 0.298. The van der Waals surface area contributed by atoms with Crippen LogP contribution in [0.1, 0.15) is 34.8 Å². The van der Waals surface area contributed by atoms with Gasteiger partial charge < -0.3 is 10.4 Å². The summed E-state index contributed by atoms with van der Waals surface area (Å²) in [5.41, 5.74) is 3.26. The maximum absolute atomic E-state index is 10.9. The summed E-state index contributed by atoms with van der Waals surface area (Å²) in [7, 11) is 0. The highest BCUT2D eigenvalue weighted by molar-refractivity contribution is 5.88. The van der Waals surface area contributed by atoms with E-state index in [1.54, 1.807) is 12.1 Å². The number of aromatic carboxylic acids is 1. The molecule has 1 aromatic carbocycles. The van der Waals surface area contributed by atoms with Gasteiger partial charge >= 0.3 is 5.97 Å². The number of benzene rings is 1. The van der Waals surface area contributed by atoms with E-state index in [2.05, 4.69) is 11.4 Å². The van der Waals surface area contributed by atoms with Gasteiger partial charge in [0.15, 0.2) is 0 Å². The molecular formula is C17H18N2O2. The van der Waals surface area contributed by atoms with Gasteiger partial charge in [0.2, 0.25) is 0 Å². The van der Waals surface area contributed by atoms with E-state index in [1.165, 1.54) is 12.8 Å². The number of carbonyl (C=O) groups is 1. The number of rotatable bonds is 3. The number of aromatic nitrogens is 1. The summed E-state index contributed by atoms with van der Waals surface area (Å²) in [4.78, 5) is 15.6. The Bertz CT molecular complexity index is 631. The number of carboxylic acids is 1. The third-order valence-corrected chi connectivity index (χ3v) is 3.91. The topological polar surface area (TPSA) is 62.2 Å². The van der Waals surface area contributed by atoms with Crippen LogP contribution in [0, 0.1) is 0 Å². The molecule has 0 bridgehead atoms. The Hall–Kier alpha value is -2.20. The minimum Gasteiger partial charge on any atom is -0.478 e. The standard InChI is InChI=1S/C17H18N2O2/c20-17(21)13-8-6-12(7-9-13)15-4-1-5-16(19-15)14-3-2-10-18-11-14/h1,4-9,14,18H,2-3,10-11H2,(H,20,21). The second kappa shape index (κ2) is 6.06. The lowest BCUT2D eigenvalue weighted by Gasteiger charge is -2.22. The summed E-state index contributed by atoms with van der Waals surface area (Å²) >= 11 is 0. The Labute approximate surface area is 123 Å². The molecule has 0 radical (unpaired) electrons. The number of nitrogens with zero attached hydrogens (tertiary/aromatic N) is 1. The van der Waals surface area contributed by atoms with Crippen molar-refractivity contribution in [1.82, 2.24) is 10.3 Å². The fourth-order valence-electron chi connectivity index (χ4n) is 2.73. The molecule has 0 aliphatic carbocycles. The van der Waals surface area contributed by atoms with E-state index in [4.69, 9.17) is 10.1 Å². The molecule has 0 saturated carbocycles. The van der Waals surface area contributed by atoms with Crippen LogP contribution in [0.25, 0.3) is 11.3 Å². The van der Waals surface area contributed by atoms with Gasteiger partial charge in [-0.15, -0.1) is 0 Å². The number of hydrogen-bond acceptors (Lipinski definition) is 3. The first-order valence-corrected chi connectivity index (χ1v) is 7.25. The molecule has 1 unspecified atom stereocenters. The molecule has 2 aromatic rings. The summed E-state index contributed by atoms with van der Waals surface area (Å²) in [6.07, 6.45) is 2.35. The third-order valence-electron chi connectivity index (χ3n) is 3.91. The zero-order chi connectivity index (χ0) is 14.7. The van der Waals surface area contributed by atoms with Crippen LogP contribution in [0.4, 0.5) is 0 Å². The normalized spacial score (nSPS) is 18.4. The third kappa shape index (κ3) is 3.11. The maximum Gasteiger partial charge on any atom is 0.335 e. The van der Waals surface area contributed by atoms with Crippen LogP contribution < -0.4 is 5.32 Å². The van der Waals surface area contributed by atoms with Crippen molar-refractivity contribution < 1.29 is 9.90 Å². The molecule has 0 spiro atoms. The number of nitrogens with one attached hydrogen (secondary N) is 1. The van der Waals surface area contributed by atoms with E-state index in [0.29, 0.717) is 11.5 Å². The van der Waals surface area contributed by atoms with Crippen LogP contribution in [0.2, 0.25) is 0 Å². The molecule has 108 valence electrons. The first kappa shape index (κ1) is 13.8. The molecule has 4 heteroatoms. The summed E-state index contributed by atoms with van der Waals surface area (Å²) < 4.78 is 0. The molecule has 1 aromatic heterocycles. The highest BCUT2D eigenvalue weighted by Crippen LogP contribution is 2.24. The van der Waals surface area contributed by atoms with Gasteiger partial charge in [0.05, 0.1) is 11.3 Å². The minimum atomic E-state index is -0.906.